The van der Waals surface area contributed by atoms with Crippen LogP contribution in [0.25, 0.3) is 6.08 Å². The van der Waals surface area contributed by atoms with Gasteiger partial charge >= 0.3 is 6.09 Å². The summed E-state index contributed by atoms with van der Waals surface area (Å²) in [5, 5.41) is 5.93. The molecule has 0 saturated carbocycles. The zero-order valence-corrected chi connectivity index (χ0v) is 24.4. The van der Waals surface area contributed by atoms with Crippen molar-refractivity contribution in [1.29, 1.82) is 0 Å². The number of hydrogen-bond acceptors (Lipinski definition) is 4. The van der Waals surface area contributed by atoms with Gasteiger partial charge < -0.3 is 20.3 Å². The molecule has 0 heterocycles. The van der Waals surface area contributed by atoms with Gasteiger partial charge in [-0.3, -0.25) is 9.59 Å². The monoisotopic (exact) mass is 515 g/mol. The number of benzene rings is 1. The third-order valence-corrected chi connectivity index (χ3v) is 6.57. The first kappa shape index (κ1) is 32.2. The average Bonchev–Trinajstić information content (AvgIpc) is 2.83. The van der Waals surface area contributed by atoms with Crippen LogP contribution in [-0.2, 0) is 14.3 Å². The number of ether oxygens (including phenoxy) is 1. The van der Waals surface area contributed by atoms with Crippen LogP contribution in [-0.4, -0.2) is 46.5 Å². The summed E-state index contributed by atoms with van der Waals surface area (Å²) in [6.45, 7) is 21.1. The van der Waals surface area contributed by atoms with Crippen LogP contribution in [0.3, 0.4) is 0 Å². The molecule has 0 aromatic heterocycles. The Morgan fingerprint density at radius 1 is 1.05 bits per heavy atom. The van der Waals surface area contributed by atoms with Gasteiger partial charge in [0.2, 0.25) is 11.8 Å². The van der Waals surface area contributed by atoms with Crippen molar-refractivity contribution < 1.29 is 19.1 Å². The SMILES string of the molecule is C=Cc1cccc(C(C(=O)NC(C)CCC)N(C(=O)C(NC(=O)OC(C)(C)C)C(C)CC)C(C)CC)c1. The Hall–Kier alpha value is -2.83. The van der Waals surface area contributed by atoms with Gasteiger partial charge in [-0.15, -0.1) is 0 Å². The lowest BCUT2D eigenvalue weighted by Crippen LogP contribution is -2.57. The highest BCUT2D eigenvalue weighted by Crippen LogP contribution is 2.29. The van der Waals surface area contributed by atoms with Gasteiger partial charge in [0.25, 0.3) is 0 Å². The number of amides is 3. The molecule has 7 heteroatoms. The van der Waals surface area contributed by atoms with Gasteiger partial charge in [-0.05, 0) is 70.6 Å². The molecular weight excluding hydrogens is 466 g/mol. The molecule has 0 aliphatic heterocycles. The quantitative estimate of drug-likeness (QED) is 0.325. The van der Waals surface area contributed by atoms with Crippen LogP contribution in [0.15, 0.2) is 30.8 Å². The normalized spacial score (nSPS) is 15.5. The molecule has 1 rings (SSSR count). The van der Waals surface area contributed by atoms with Crippen molar-refractivity contribution in [2.45, 2.75) is 118 Å². The highest BCUT2D eigenvalue weighted by molar-refractivity contribution is 5.92. The molecule has 5 unspecified atom stereocenters. The second kappa shape index (κ2) is 14.8. The summed E-state index contributed by atoms with van der Waals surface area (Å²) < 4.78 is 5.47. The minimum Gasteiger partial charge on any atom is -0.444 e. The van der Waals surface area contributed by atoms with Crippen molar-refractivity contribution in [2.24, 2.45) is 5.92 Å². The molecule has 0 bridgehead atoms. The van der Waals surface area contributed by atoms with E-state index in [0.717, 1.165) is 18.4 Å². The predicted octanol–water partition coefficient (Wildman–Crippen LogP) is 6.24. The van der Waals surface area contributed by atoms with Crippen LogP contribution in [0.5, 0.6) is 0 Å². The average molecular weight is 516 g/mol. The molecule has 0 aliphatic rings. The number of nitrogens with one attached hydrogen (secondary N) is 2. The first-order chi connectivity index (χ1) is 17.3. The molecule has 0 saturated heterocycles. The highest BCUT2D eigenvalue weighted by atomic mass is 16.6. The summed E-state index contributed by atoms with van der Waals surface area (Å²) in [6, 6.07) is 5.52. The van der Waals surface area contributed by atoms with E-state index >= 15 is 0 Å². The third kappa shape index (κ3) is 9.86. The van der Waals surface area contributed by atoms with E-state index in [-0.39, 0.29) is 29.8 Å². The van der Waals surface area contributed by atoms with Crippen LogP contribution in [0.4, 0.5) is 4.79 Å². The minimum atomic E-state index is -0.867. The third-order valence-electron chi connectivity index (χ3n) is 6.57. The van der Waals surface area contributed by atoms with Crippen LogP contribution < -0.4 is 10.6 Å². The Morgan fingerprint density at radius 3 is 2.22 bits per heavy atom. The number of carbonyl (C=O) groups is 3. The number of alkyl carbamates (subject to hydrolysis) is 1. The lowest BCUT2D eigenvalue weighted by atomic mass is 9.93. The lowest BCUT2D eigenvalue weighted by Gasteiger charge is -2.39. The maximum atomic E-state index is 14.3. The maximum Gasteiger partial charge on any atom is 0.408 e. The molecule has 7 nitrogen and oxygen atoms in total. The molecule has 0 aliphatic carbocycles. The summed E-state index contributed by atoms with van der Waals surface area (Å²) >= 11 is 0. The first-order valence-corrected chi connectivity index (χ1v) is 13.6. The van der Waals surface area contributed by atoms with Gasteiger partial charge in [-0.2, -0.15) is 0 Å². The maximum absolute atomic E-state index is 14.3. The van der Waals surface area contributed by atoms with E-state index < -0.39 is 23.8 Å². The van der Waals surface area contributed by atoms with Crippen molar-refractivity contribution in [2.75, 3.05) is 0 Å². The molecule has 2 N–H and O–H groups in total. The van der Waals surface area contributed by atoms with E-state index in [1.807, 2.05) is 58.9 Å². The highest BCUT2D eigenvalue weighted by Gasteiger charge is 2.40. The van der Waals surface area contributed by atoms with Gasteiger partial charge in [0, 0.05) is 12.1 Å². The Morgan fingerprint density at radius 2 is 1.70 bits per heavy atom. The second-order valence-corrected chi connectivity index (χ2v) is 11.0. The molecule has 0 fully saturated rings. The van der Waals surface area contributed by atoms with E-state index in [1.54, 1.807) is 31.7 Å². The Kier molecular flexibility index (Phi) is 12.9. The summed E-state index contributed by atoms with van der Waals surface area (Å²) in [6.07, 6.45) is 4.14. The minimum absolute atomic E-state index is 0.0401. The predicted molar refractivity (Wildman–Crippen MR) is 151 cm³/mol. The van der Waals surface area contributed by atoms with E-state index in [1.165, 1.54) is 0 Å². The van der Waals surface area contributed by atoms with Crippen LogP contribution in [0, 0.1) is 5.92 Å². The van der Waals surface area contributed by atoms with Crippen LogP contribution in [0.2, 0.25) is 0 Å². The van der Waals surface area contributed by atoms with E-state index in [9.17, 15) is 14.4 Å². The zero-order chi connectivity index (χ0) is 28.3. The lowest BCUT2D eigenvalue weighted by molar-refractivity contribution is -0.146. The molecule has 5 atom stereocenters. The molecule has 1 aromatic carbocycles. The van der Waals surface area contributed by atoms with Crippen molar-refractivity contribution in [1.82, 2.24) is 15.5 Å². The molecular formula is C30H49N3O4. The molecule has 0 radical (unpaired) electrons. The zero-order valence-electron chi connectivity index (χ0n) is 24.4. The summed E-state index contributed by atoms with van der Waals surface area (Å²) in [4.78, 5) is 42.5. The van der Waals surface area contributed by atoms with Gasteiger partial charge in [0.1, 0.15) is 17.7 Å². The van der Waals surface area contributed by atoms with E-state index in [0.29, 0.717) is 18.4 Å². The summed E-state index contributed by atoms with van der Waals surface area (Å²) in [5.41, 5.74) is 0.859. The van der Waals surface area contributed by atoms with Crippen molar-refractivity contribution in [3.05, 3.63) is 42.0 Å². The fourth-order valence-corrected chi connectivity index (χ4v) is 4.20. The summed E-state index contributed by atoms with van der Waals surface area (Å²) in [5.74, 6) is -0.716. The summed E-state index contributed by atoms with van der Waals surface area (Å²) in [7, 11) is 0. The molecule has 37 heavy (non-hydrogen) atoms. The Labute approximate surface area is 224 Å². The largest absolute Gasteiger partial charge is 0.444 e. The van der Waals surface area contributed by atoms with E-state index in [2.05, 4.69) is 24.1 Å². The molecule has 3 amide bonds. The van der Waals surface area contributed by atoms with Gasteiger partial charge in [-0.25, -0.2) is 4.79 Å². The second-order valence-electron chi connectivity index (χ2n) is 11.0. The van der Waals surface area contributed by atoms with Crippen molar-refractivity contribution >= 4 is 24.0 Å². The number of nitrogens with zero attached hydrogens (tertiary/aromatic N) is 1. The first-order valence-electron chi connectivity index (χ1n) is 13.6. The van der Waals surface area contributed by atoms with Gasteiger partial charge in [0.05, 0.1) is 0 Å². The Balaban J connectivity index is 3.62. The molecule has 0 spiro atoms. The van der Waals surface area contributed by atoms with Gasteiger partial charge in [-0.1, -0.05) is 71.4 Å². The van der Waals surface area contributed by atoms with Crippen molar-refractivity contribution in [3.63, 3.8) is 0 Å². The Bertz CT molecular complexity index is 908. The van der Waals surface area contributed by atoms with E-state index in [4.69, 9.17) is 4.74 Å². The van der Waals surface area contributed by atoms with Gasteiger partial charge in [0.15, 0.2) is 0 Å². The standard InChI is InChI=1S/C30H49N3O4/c1-11-16-21(6)31-27(34)26(24-18-15-17-23(14-4)19-24)33(22(7)13-3)28(35)25(20(5)12-2)32-29(36)37-30(8,9)10/h14-15,17-22,25-26H,4,11-13,16H2,1-3,5-10H3,(H,31,34)(H,32,36). The number of rotatable bonds is 13. The molecule has 208 valence electrons. The smallest absolute Gasteiger partial charge is 0.408 e. The fraction of sp³-hybridized carbons (Fsp3) is 0.633. The number of carbonyl (C=O) groups excluding carboxylic acids is 3. The molecule has 1 aromatic rings. The number of hydrogen-bond donors (Lipinski definition) is 2. The topological polar surface area (TPSA) is 87.7 Å². The fourth-order valence-electron chi connectivity index (χ4n) is 4.20. The van der Waals surface area contributed by atoms with Crippen molar-refractivity contribution in [3.8, 4) is 0 Å². The van der Waals surface area contributed by atoms with Crippen LogP contribution in [0.1, 0.15) is 105 Å². The van der Waals surface area contributed by atoms with Crippen LogP contribution >= 0.6 is 0 Å².